The Bertz CT molecular complexity index is 659. The first-order valence-electron chi connectivity index (χ1n) is 7.10. The van der Waals surface area contributed by atoms with Crippen LogP contribution in [0, 0.1) is 0 Å². The summed E-state index contributed by atoms with van der Waals surface area (Å²) in [5, 5.41) is 15.6. The lowest BCUT2D eigenvalue weighted by Crippen LogP contribution is -2.33. The van der Waals surface area contributed by atoms with Crippen LogP contribution >= 0.6 is 11.6 Å². The number of hydrogen-bond donors (Lipinski definition) is 3. The summed E-state index contributed by atoms with van der Waals surface area (Å²) >= 11 is 5.76. The van der Waals surface area contributed by atoms with E-state index in [1.807, 2.05) is 6.07 Å². The van der Waals surface area contributed by atoms with Crippen LogP contribution in [0.3, 0.4) is 0 Å². The molecule has 0 aliphatic heterocycles. The van der Waals surface area contributed by atoms with Crippen molar-refractivity contribution >= 4 is 29.1 Å². The van der Waals surface area contributed by atoms with Gasteiger partial charge in [0.25, 0.3) is 0 Å². The van der Waals surface area contributed by atoms with E-state index in [0.29, 0.717) is 16.3 Å². The average Bonchev–Trinajstić information content (AvgIpc) is 2.56. The van der Waals surface area contributed by atoms with Crippen LogP contribution in [0.5, 0.6) is 0 Å². The van der Waals surface area contributed by atoms with Crippen molar-refractivity contribution in [3.05, 3.63) is 65.2 Å². The Balaban J connectivity index is 1.75. The summed E-state index contributed by atoms with van der Waals surface area (Å²) < 4.78 is 0. The van der Waals surface area contributed by atoms with Gasteiger partial charge < -0.3 is 15.7 Å². The second-order valence-corrected chi connectivity index (χ2v) is 5.40. The minimum atomic E-state index is -0.893. The normalized spacial score (nSPS) is 11.6. The van der Waals surface area contributed by atoms with Crippen LogP contribution in [0.1, 0.15) is 18.1 Å². The Morgan fingerprint density at radius 2 is 1.65 bits per heavy atom. The molecule has 0 saturated heterocycles. The number of amides is 2. The minimum Gasteiger partial charge on any atom is -0.388 e. The standard InChI is InChI=1S/C17H17ClN2O3/c18-13-6-8-14(9-7-13)20-17(23)11-19-16(22)10-15(21)12-4-2-1-3-5-12/h1-9,15,21H,10-11H2,(H,19,22)(H,20,23). The van der Waals surface area contributed by atoms with Gasteiger partial charge in [-0.15, -0.1) is 0 Å². The molecule has 6 heteroatoms. The molecule has 120 valence electrons. The molecule has 0 bridgehead atoms. The number of nitrogens with one attached hydrogen (secondary N) is 2. The largest absolute Gasteiger partial charge is 0.388 e. The van der Waals surface area contributed by atoms with Crippen LogP contribution in [0.15, 0.2) is 54.6 Å². The molecule has 0 spiro atoms. The lowest BCUT2D eigenvalue weighted by Gasteiger charge is -2.11. The van der Waals surface area contributed by atoms with Crippen molar-refractivity contribution < 1.29 is 14.7 Å². The highest BCUT2D eigenvalue weighted by Gasteiger charge is 2.13. The SMILES string of the molecule is O=C(CC(O)c1ccccc1)NCC(=O)Nc1ccc(Cl)cc1. The first-order chi connectivity index (χ1) is 11.0. The second kappa shape index (κ2) is 8.31. The number of aliphatic hydroxyl groups excluding tert-OH is 1. The van der Waals surface area contributed by atoms with E-state index < -0.39 is 12.0 Å². The summed E-state index contributed by atoms with van der Waals surface area (Å²) in [6.45, 7) is -0.164. The van der Waals surface area contributed by atoms with Crippen LogP contribution in [0.2, 0.25) is 5.02 Å². The summed E-state index contributed by atoms with van der Waals surface area (Å²) in [7, 11) is 0. The molecule has 0 aliphatic rings. The minimum absolute atomic E-state index is 0.0990. The Hall–Kier alpha value is -2.37. The maximum atomic E-state index is 11.8. The van der Waals surface area contributed by atoms with E-state index in [9.17, 15) is 14.7 Å². The van der Waals surface area contributed by atoms with Crippen molar-refractivity contribution in [3.8, 4) is 0 Å². The molecule has 0 aromatic heterocycles. The van der Waals surface area contributed by atoms with Gasteiger partial charge in [-0.05, 0) is 29.8 Å². The highest BCUT2D eigenvalue weighted by atomic mass is 35.5. The molecule has 2 amide bonds. The van der Waals surface area contributed by atoms with Gasteiger partial charge in [0.05, 0.1) is 19.1 Å². The number of carbonyl (C=O) groups excluding carboxylic acids is 2. The molecule has 2 aromatic rings. The van der Waals surface area contributed by atoms with E-state index in [2.05, 4.69) is 10.6 Å². The smallest absolute Gasteiger partial charge is 0.243 e. The van der Waals surface area contributed by atoms with Crippen LogP contribution in [-0.2, 0) is 9.59 Å². The molecule has 0 saturated carbocycles. The molecule has 0 aliphatic carbocycles. The Morgan fingerprint density at radius 1 is 1.00 bits per heavy atom. The maximum Gasteiger partial charge on any atom is 0.243 e. The average molecular weight is 333 g/mol. The van der Waals surface area contributed by atoms with Crippen molar-refractivity contribution in [3.63, 3.8) is 0 Å². The van der Waals surface area contributed by atoms with E-state index in [-0.39, 0.29) is 18.9 Å². The van der Waals surface area contributed by atoms with E-state index >= 15 is 0 Å². The molecular weight excluding hydrogens is 316 g/mol. The predicted octanol–water partition coefficient (Wildman–Crippen LogP) is 2.52. The highest BCUT2D eigenvalue weighted by Crippen LogP contribution is 2.15. The summed E-state index contributed by atoms with van der Waals surface area (Å²) in [5.41, 5.74) is 1.26. The van der Waals surface area contributed by atoms with Gasteiger partial charge in [-0.25, -0.2) is 0 Å². The zero-order valence-electron chi connectivity index (χ0n) is 12.3. The van der Waals surface area contributed by atoms with Gasteiger partial charge in [0.1, 0.15) is 0 Å². The van der Waals surface area contributed by atoms with Gasteiger partial charge in [0.2, 0.25) is 11.8 Å². The molecule has 2 rings (SSSR count). The van der Waals surface area contributed by atoms with Crippen LogP contribution in [-0.4, -0.2) is 23.5 Å². The third-order valence-electron chi connectivity index (χ3n) is 3.14. The van der Waals surface area contributed by atoms with Gasteiger partial charge in [-0.3, -0.25) is 9.59 Å². The molecule has 1 unspecified atom stereocenters. The molecule has 23 heavy (non-hydrogen) atoms. The fourth-order valence-electron chi connectivity index (χ4n) is 1.96. The molecule has 0 fully saturated rings. The van der Waals surface area contributed by atoms with Gasteiger partial charge in [-0.1, -0.05) is 41.9 Å². The quantitative estimate of drug-likeness (QED) is 0.760. The third kappa shape index (κ3) is 5.73. The number of carbonyl (C=O) groups is 2. The summed E-state index contributed by atoms with van der Waals surface area (Å²) in [6, 6.07) is 15.5. The fraction of sp³-hybridized carbons (Fsp3) is 0.176. The maximum absolute atomic E-state index is 11.8. The number of rotatable bonds is 6. The fourth-order valence-corrected chi connectivity index (χ4v) is 2.08. The molecule has 0 radical (unpaired) electrons. The number of anilines is 1. The molecule has 3 N–H and O–H groups in total. The van der Waals surface area contributed by atoms with E-state index in [4.69, 9.17) is 11.6 Å². The summed E-state index contributed by atoms with van der Waals surface area (Å²) in [5.74, 6) is -0.748. The van der Waals surface area contributed by atoms with Crippen molar-refractivity contribution in [2.75, 3.05) is 11.9 Å². The number of aliphatic hydroxyl groups is 1. The lowest BCUT2D eigenvalue weighted by molar-refractivity contribution is -0.125. The highest BCUT2D eigenvalue weighted by molar-refractivity contribution is 6.30. The predicted molar refractivity (Wildman–Crippen MR) is 89.1 cm³/mol. The van der Waals surface area contributed by atoms with Gasteiger partial charge in [-0.2, -0.15) is 0 Å². The van der Waals surface area contributed by atoms with E-state index in [0.717, 1.165) is 0 Å². The first kappa shape index (κ1) is 17.0. The zero-order valence-corrected chi connectivity index (χ0v) is 13.1. The van der Waals surface area contributed by atoms with Crippen LogP contribution < -0.4 is 10.6 Å². The monoisotopic (exact) mass is 332 g/mol. The van der Waals surface area contributed by atoms with Gasteiger partial charge >= 0.3 is 0 Å². The van der Waals surface area contributed by atoms with Crippen molar-refractivity contribution in [2.24, 2.45) is 0 Å². The van der Waals surface area contributed by atoms with E-state index in [1.165, 1.54) is 0 Å². The summed E-state index contributed by atoms with van der Waals surface area (Å²) in [4.78, 5) is 23.5. The first-order valence-corrected chi connectivity index (χ1v) is 7.47. The topological polar surface area (TPSA) is 78.4 Å². The van der Waals surface area contributed by atoms with Crippen molar-refractivity contribution in [2.45, 2.75) is 12.5 Å². The summed E-state index contributed by atoms with van der Waals surface area (Å²) in [6.07, 6.45) is -0.992. The third-order valence-corrected chi connectivity index (χ3v) is 3.39. The Kier molecular flexibility index (Phi) is 6.14. The number of benzene rings is 2. The number of hydrogen-bond acceptors (Lipinski definition) is 3. The lowest BCUT2D eigenvalue weighted by atomic mass is 10.1. The van der Waals surface area contributed by atoms with Crippen molar-refractivity contribution in [1.82, 2.24) is 5.32 Å². The molecular formula is C17H17ClN2O3. The van der Waals surface area contributed by atoms with Crippen LogP contribution in [0.4, 0.5) is 5.69 Å². The van der Waals surface area contributed by atoms with Gasteiger partial charge in [0, 0.05) is 10.7 Å². The molecule has 1 atom stereocenters. The Labute approximate surface area is 139 Å². The number of halogens is 1. The van der Waals surface area contributed by atoms with Gasteiger partial charge in [0.15, 0.2) is 0 Å². The molecule has 0 heterocycles. The van der Waals surface area contributed by atoms with Crippen molar-refractivity contribution in [1.29, 1.82) is 0 Å². The van der Waals surface area contributed by atoms with E-state index in [1.54, 1.807) is 48.5 Å². The second-order valence-electron chi connectivity index (χ2n) is 4.96. The van der Waals surface area contributed by atoms with Crippen LogP contribution in [0.25, 0.3) is 0 Å². The molecule has 5 nitrogen and oxygen atoms in total. The zero-order chi connectivity index (χ0) is 16.7. The molecule has 2 aromatic carbocycles. The Morgan fingerprint density at radius 3 is 2.30 bits per heavy atom.